The van der Waals surface area contributed by atoms with Crippen molar-refractivity contribution in [1.29, 1.82) is 0 Å². The number of aromatic amines is 1. The Hall–Kier alpha value is -5.28. The van der Waals surface area contributed by atoms with Crippen molar-refractivity contribution < 1.29 is 9.59 Å². The lowest BCUT2D eigenvalue weighted by Gasteiger charge is -2.13. The number of hydrogen-bond donors (Lipinski definition) is 4. The number of nitrogens with zero attached hydrogens (tertiary/aromatic N) is 3. The molecule has 4 N–H and O–H groups in total. The molecule has 0 fully saturated rings. The molecule has 5 aromatic rings. The van der Waals surface area contributed by atoms with Crippen LogP contribution in [0.1, 0.15) is 21.6 Å². The van der Waals surface area contributed by atoms with Crippen molar-refractivity contribution in [3.8, 4) is 11.3 Å². The Morgan fingerprint density at radius 2 is 1.64 bits per heavy atom. The fourth-order valence-corrected chi connectivity index (χ4v) is 4.48. The highest BCUT2D eigenvalue weighted by molar-refractivity contribution is 6.05. The first-order chi connectivity index (χ1) is 20.3. The number of hydrogen-bond acceptors (Lipinski definition) is 6. The number of benzene rings is 3. The zero-order chi connectivity index (χ0) is 29.6. The molecular weight excluding hydrogens is 526 g/mol. The molecule has 9 nitrogen and oxygen atoms in total. The standard InChI is InChI=1S/C33H33N7O2/c1-21-22(2)35-33(39-31(21)28-20-34-29-12-6-5-11-27(28)29)38-26-10-7-9-25(19-26)37-32(42)23-14-16-24(17-15-23)36-30(41)13-8-18-40(3)4/h5-17,19-20,34H,18H2,1-4H3,(H,36,41)(H,37,42)(H,35,38,39). The second-order valence-corrected chi connectivity index (χ2v) is 10.2. The number of H-pyrrole nitrogens is 1. The van der Waals surface area contributed by atoms with Gasteiger partial charge < -0.3 is 25.8 Å². The van der Waals surface area contributed by atoms with Crippen LogP contribution in [-0.2, 0) is 4.79 Å². The number of carbonyl (C=O) groups excluding carboxylic acids is 2. The lowest BCUT2D eigenvalue weighted by Crippen LogP contribution is -2.13. The first-order valence-electron chi connectivity index (χ1n) is 13.6. The molecule has 0 atom stereocenters. The summed E-state index contributed by atoms with van der Waals surface area (Å²) in [7, 11) is 3.86. The maximum Gasteiger partial charge on any atom is 0.255 e. The van der Waals surface area contributed by atoms with Crippen LogP contribution >= 0.6 is 0 Å². The van der Waals surface area contributed by atoms with Crippen molar-refractivity contribution in [2.75, 3.05) is 36.6 Å². The third kappa shape index (κ3) is 6.71. The number of likely N-dealkylation sites (N-methyl/N-ethyl adjacent to an activating group) is 1. The minimum Gasteiger partial charge on any atom is -0.360 e. The first-order valence-corrected chi connectivity index (χ1v) is 13.6. The maximum atomic E-state index is 12.9. The molecule has 212 valence electrons. The number of anilines is 4. The monoisotopic (exact) mass is 559 g/mol. The average Bonchev–Trinajstić information content (AvgIpc) is 3.39. The van der Waals surface area contributed by atoms with E-state index in [0.717, 1.165) is 39.1 Å². The van der Waals surface area contributed by atoms with Crippen LogP contribution in [0.2, 0.25) is 0 Å². The summed E-state index contributed by atoms with van der Waals surface area (Å²) in [6.07, 6.45) is 5.26. The summed E-state index contributed by atoms with van der Waals surface area (Å²) in [5.74, 6) is -0.0179. The Kier molecular flexibility index (Phi) is 8.40. The number of carbonyl (C=O) groups is 2. The Bertz CT molecular complexity index is 1770. The fraction of sp³-hybridized carbons (Fsp3) is 0.152. The van der Waals surface area contributed by atoms with E-state index in [4.69, 9.17) is 4.98 Å². The number of amides is 2. The molecule has 0 saturated heterocycles. The zero-order valence-electron chi connectivity index (χ0n) is 24.0. The molecule has 2 amide bonds. The zero-order valence-corrected chi connectivity index (χ0v) is 24.0. The van der Waals surface area contributed by atoms with Crippen molar-refractivity contribution in [3.63, 3.8) is 0 Å². The molecule has 2 heterocycles. The number of rotatable bonds is 9. The summed E-state index contributed by atoms with van der Waals surface area (Å²) in [6.45, 7) is 4.67. The number of aryl methyl sites for hydroxylation is 1. The summed E-state index contributed by atoms with van der Waals surface area (Å²) in [6, 6.07) is 22.3. The van der Waals surface area contributed by atoms with Crippen molar-refractivity contribution in [2.24, 2.45) is 0 Å². The smallest absolute Gasteiger partial charge is 0.255 e. The quantitative estimate of drug-likeness (QED) is 0.158. The Morgan fingerprint density at radius 3 is 2.43 bits per heavy atom. The van der Waals surface area contributed by atoms with Crippen LogP contribution in [-0.4, -0.2) is 52.3 Å². The van der Waals surface area contributed by atoms with Crippen LogP contribution in [0.5, 0.6) is 0 Å². The Balaban J connectivity index is 1.27. The van der Waals surface area contributed by atoms with E-state index in [1.165, 1.54) is 6.08 Å². The van der Waals surface area contributed by atoms with Crippen LogP contribution in [0.3, 0.4) is 0 Å². The van der Waals surface area contributed by atoms with Gasteiger partial charge in [0.2, 0.25) is 11.9 Å². The van der Waals surface area contributed by atoms with E-state index in [-0.39, 0.29) is 11.8 Å². The average molecular weight is 560 g/mol. The maximum absolute atomic E-state index is 12.9. The van der Waals surface area contributed by atoms with Crippen LogP contribution < -0.4 is 16.0 Å². The molecule has 0 spiro atoms. The van der Waals surface area contributed by atoms with Crippen molar-refractivity contribution >= 4 is 45.7 Å². The van der Waals surface area contributed by atoms with Gasteiger partial charge in [0.15, 0.2) is 0 Å². The molecule has 0 aliphatic rings. The molecular formula is C33H33N7O2. The SMILES string of the molecule is Cc1nc(Nc2cccc(NC(=O)c3ccc(NC(=O)C=CCN(C)C)cc3)c2)nc(-c2c[nH]c3ccccc23)c1C. The third-order valence-electron chi connectivity index (χ3n) is 6.76. The molecule has 42 heavy (non-hydrogen) atoms. The molecule has 0 saturated carbocycles. The van der Waals surface area contributed by atoms with E-state index in [2.05, 4.69) is 32.0 Å². The molecule has 0 unspecified atom stereocenters. The van der Waals surface area contributed by atoms with Gasteiger partial charge in [0.25, 0.3) is 5.91 Å². The number of para-hydroxylation sites is 1. The lowest BCUT2D eigenvalue weighted by atomic mass is 10.1. The lowest BCUT2D eigenvalue weighted by molar-refractivity contribution is -0.111. The Morgan fingerprint density at radius 1 is 0.881 bits per heavy atom. The van der Waals surface area contributed by atoms with E-state index < -0.39 is 0 Å². The molecule has 0 aliphatic carbocycles. The molecule has 0 aliphatic heterocycles. The predicted molar refractivity (Wildman–Crippen MR) is 169 cm³/mol. The van der Waals surface area contributed by atoms with Crippen LogP contribution in [0, 0.1) is 13.8 Å². The van der Waals surface area contributed by atoms with Gasteiger partial charge in [-0.2, -0.15) is 0 Å². The molecule has 2 aromatic heterocycles. The van der Waals surface area contributed by atoms with Gasteiger partial charge in [-0.1, -0.05) is 30.3 Å². The van der Waals surface area contributed by atoms with Crippen LogP contribution in [0.15, 0.2) is 91.1 Å². The molecule has 5 rings (SSSR count). The largest absolute Gasteiger partial charge is 0.360 e. The Labute approximate surface area is 244 Å². The molecule has 0 radical (unpaired) electrons. The predicted octanol–water partition coefficient (Wildman–Crippen LogP) is 6.29. The third-order valence-corrected chi connectivity index (χ3v) is 6.76. The summed E-state index contributed by atoms with van der Waals surface area (Å²) >= 11 is 0. The van der Waals surface area contributed by atoms with Crippen LogP contribution in [0.25, 0.3) is 22.2 Å². The summed E-state index contributed by atoms with van der Waals surface area (Å²) < 4.78 is 0. The van der Waals surface area contributed by atoms with Crippen molar-refractivity contribution in [3.05, 3.63) is 108 Å². The van der Waals surface area contributed by atoms with Gasteiger partial charge in [-0.15, -0.1) is 0 Å². The van der Waals surface area contributed by atoms with Gasteiger partial charge in [0.05, 0.1) is 5.69 Å². The number of fused-ring (bicyclic) bond motifs is 1. The molecule has 3 aromatic carbocycles. The van der Waals surface area contributed by atoms with Crippen LogP contribution in [0.4, 0.5) is 23.0 Å². The summed E-state index contributed by atoms with van der Waals surface area (Å²) in [5, 5.41) is 10.1. The minimum absolute atomic E-state index is 0.223. The van der Waals surface area contributed by atoms with Gasteiger partial charge in [-0.05, 0) is 82.0 Å². The molecule has 9 heteroatoms. The van der Waals surface area contributed by atoms with E-state index in [1.54, 1.807) is 30.3 Å². The van der Waals surface area contributed by atoms with E-state index in [1.807, 2.05) is 81.5 Å². The van der Waals surface area contributed by atoms with Gasteiger partial charge in [-0.25, -0.2) is 9.97 Å². The topological polar surface area (TPSA) is 115 Å². The normalized spacial score (nSPS) is 11.3. The van der Waals surface area contributed by atoms with Gasteiger partial charge in [-0.3, -0.25) is 9.59 Å². The van der Waals surface area contributed by atoms with Crippen molar-refractivity contribution in [1.82, 2.24) is 19.9 Å². The summed E-state index contributed by atoms with van der Waals surface area (Å²) in [4.78, 5) is 39.8. The number of nitrogens with one attached hydrogen (secondary N) is 4. The first kappa shape index (κ1) is 28.3. The van der Waals surface area contributed by atoms with E-state index >= 15 is 0 Å². The highest BCUT2D eigenvalue weighted by atomic mass is 16.2. The van der Waals surface area contributed by atoms with Gasteiger partial charge in [0, 0.05) is 63.6 Å². The van der Waals surface area contributed by atoms with E-state index in [9.17, 15) is 9.59 Å². The fourth-order valence-electron chi connectivity index (χ4n) is 4.48. The van der Waals surface area contributed by atoms with Crippen molar-refractivity contribution in [2.45, 2.75) is 13.8 Å². The second kappa shape index (κ2) is 12.5. The number of aromatic nitrogens is 3. The van der Waals surface area contributed by atoms with E-state index in [0.29, 0.717) is 29.4 Å². The highest BCUT2D eigenvalue weighted by Gasteiger charge is 2.15. The van der Waals surface area contributed by atoms with Gasteiger partial charge in [0.1, 0.15) is 0 Å². The second-order valence-electron chi connectivity index (χ2n) is 10.2. The summed E-state index contributed by atoms with van der Waals surface area (Å²) in [5.41, 5.74) is 7.25. The molecule has 0 bridgehead atoms. The highest BCUT2D eigenvalue weighted by Crippen LogP contribution is 2.31. The minimum atomic E-state index is -0.264. The van der Waals surface area contributed by atoms with Gasteiger partial charge >= 0.3 is 0 Å².